The molecular formula is C17H16N4. The zero-order chi connectivity index (χ0) is 15.0. The molecule has 3 aromatic rings. The standard InChI is InChI=1S/C17H16N4/c1-11-6-3-4-8-14(11)12(2)21-15-9-5-7-13(10-18)16(15)20-17(21)19/h3-9,12H,1-2H3,(H2,19,20). The molecule has 4 heteroatoms. The van der Waals surface area contributed by atoms with Crippen LogP contribution in [0.5, 0.6) is 0 Å². The van der Waals surface area contributed by atoms with Crippen molar-refractivity contribution in [2.45, 2.75) is 19.9 Å². The minimum Gasteiger partial charge on any atom is -0.369 e. The van der Waals surface area contributed by atoms with E-state index >= 15 is 0 Å². The Morgan fingerprint density at radius 2 is 1.95 bits per heavy atom. The van der Waals surface area contributed by atoms with Gasteiger partial charge in [-0.1, -0.05) is 30.3 Å². The highest BCUT2D eigenvalue weighted by Crippen LogP contribution is 2.29. The van der Waals surface area contributed by atoms with Gasteiger partial charge in [0.1, 0.15) is 11.6 Å². The summed E-state index contributed by atoms with van der Waals surface area (Å²) in [6.07, 6.45) is 0. The number of nitriles is 1. The van der Waals surface area contributed by atoms with Crippen molar-refractivity contribution in [2.24, 2.45) is 0 Å². The molecule has 0 aliphatic heterocycles. The fourth-order valence-electron chi connectivity index (χ4n) is 2.83. The summed E-state index contributed by atoms with van der Waals surface area (Å²) in [5, 5.41) is 9.20. The molecule has 2 N–H and O–H groups in total. The van der Waals surface area contributed by atoms with Crippen molar-refractivity contribution < 1.29 is 0 Å². The van der Waals surface area contributed by atoms with E-state index in [4.69, 9.17) is 5.73 Å². The number of hydrogen-bond acceptors (Lipinski definition) is 3. The molecule has 4 nitrogen and oxygen atoms in total. The van der Waals surface area contributed by atoms with E-state index in [1.54, 1.807) is 6.07 Å². The van der Waals surface area contributed by atoms with E-state index in [0.717, 1.165) is 5.52 Å². The molecule has 0 spiro atoms. The molecule has 0 saturated carbocycles. The van der Waals surface area contributed by atoms with Gasteiger partial charge in [0.05, 0.1) is 17.1 Å². The third-order valence-corrected chi connectivity index (χ3v) is 3.89. The maximum absolute atomic E-state index is 9.20. The van der Waals surface area contributed by atoms with Crippen LogP contribution in [-0.2, 0) is 0 Å². The van der Waals surface area contributed by atoms with Crippen LogP contribution in [0.15, 0.2) is 42.5 Å². The number of aromatic nitrogens is 2. The van der Waals surface area contributed by atoms with E-state index in [0.29, 0.717) is 17.0 Å². The summed E-state index contributed by atoms with van der Waals surface area (Å²) >= 11 is 0. The zero-order valence-electron chi connectivity index (χ0n) is 12.0. The largest absolute Gasteiger partial charge is 0.369 e. The normalized spacial score (nSPS) is 12.2. The van der Waals surface area contributed by atoms with Gasteiger partial charge in [-0.25, -0.2) is 4.98 Å². The lowest BCUT2D eigenvalue weighted by molar-refractivity contribution is 0.664. The van der Waals surface area contributed by atoms with Gasteiger partial charge in [0.25, 0.3) is 0 Å². The second kappa shape index (κ2) is 4.95. The fraction of sp³-hybridized carbons (Fsp3) is 0.176. The Hall–Kier alpha value is -2.80. The van der Waals surface area contributed by atoms with Crippen LogP contribution in [0.25, 0.3) is 11.0 Å². The van der Waals surface area contributed by atoms with E-state index in [9.17, 15) is 5.26 Å². The first-order valence-electron chi connectivity index (χ1n) is 6.85. The SMILES string of the molecule is Cc1ccccc1C(C)n1c(N)nc2c(C#N)cccc21. The van der Waals surface area contributed by atoms with Gasteiger partial charge in [-0.2, -0.15) is 5.26 Å². The van der Waals surface area contributed by atoms with Crippen LogP contribution in [0.3, 0.4) is 0 Å². The maximum Gasteiger partial charge on any atom is 0.201 e. The molecule has 0 amide bonds. The number of nitrogens with zero attached hydrogens (tertiary/aromatic N) is 3. The van der Waals surface area contributed by atoms with Crippen LogP contribution in [0.2, 0.25) is 0 Å². The van der Waals surface area contributed by atoms with Crippen LogP contribution in [-0.4, -0.2) is 9.55 Å². The van der Waals surface area contributed by atoms with Crippen molar-refractivity contribution in [3.8, 4) is 6.07 Å². The van der Waals surface area contributed by atoms with Crippen molar-refractivity contribution in [3.63, 3.8) is 0 Å². The van der Waals surface area contributed by atoms with E-state index in [-0.39, 0.29) is 6.04 Å². The number of imidazole rings is 1. The summed E-state index contributed by atoms with van der Waals surface area (Å²) in [6.45, 7) is 4.18. The van der Waals surface area contributed by atoms with Crippen molar-refractivity contribution in [2.75, 3.05) is 5.73 Å². The molecule has 0 radical (unpaired) electrons. The fourth-order valence-corrected chi connectivity index (χ4v) is 2.83. The molecule has 0 fully saturated rings. The first-order chi connectivity index (χ1) is 10.1. The monoisotopic (exact) mass is 276 g/mol. The van der Waals surface area contributed by atoms with Gasteiger partial charge in [-0.05, 0) is 37.1 Å². The highest BCUT2D eigenvalue weighted by molar-refractivity contribution is 5.84. The highest BCUT2D eigenvalue weighted by Gasteiger charge is 2.18. The third-order valence-electron chi connectivity index (χ3n) is 3.89. The van der Waals surface area contributed by atoms with Crippen molar-refractivity contribution >= 4 is 17.0 Å². The Balaban J connectivity index is 2.24. The Morgan fingerprint density at radius 1 is 1.19 bits per heavy atom. The van der Waals surface area contributed by atoms with Crippen molar-refractivity contribution in [1.82, 2.24) is 9.55 Å². The average molecular weight is 276 g/mol. The molecule has 1 unspecified atom stereocenters. The quantitative estimate of drug-likeness (QED) is 0.780. The molecule has 21 heavy (non-hydrogen) atoms. The number of aryl methyl sites for hydroxylation is 1. The number of hydrogen-bond donors (Lipinski definition) is 1. The highest BCUT2D eigenvalue weighted by atomic mass is 15.2. The number of nitrogen functional groups attached to an aromatic ring is 1. The van der Waals surface area contributed by atoms with E-state index < -0.39 is 0 Å². The van der Waals surface area contributed by atoms with E-state index in [2.05, 4.69) is 37.0 Å². The number of rotatable bonds is 2. The van der Waals surface area contributed by atoms with E-state index in [1.165, 1.54) is 11.1 Å². The summed E-state index contributed by atoms with van der Waals surface area (Å²) < 4.78 is 1.98. The summed E-state index contributed by atoms with van der Waals surface area (Å²) in [5.74, 6) is 0.434. The lowest BCUT2D eigenvalue weighted by Gasteiger charge is -2.18. The zero-order valence-corrected chi connectivity index (χ0v) is 12.0. The summed E-state index contributed by atoms with van der Waals surface area (Å²) in [4.78, 5) is 4.38. The molecule has 3 rings (SSSR count). The maximum atomic E-state index is 9.20. The van der Waals surface area contributed by atoms with Gasteiger partial charge in [0, 0.05) is 0 Å². The average Bonchev–Trinajstić information content (AvgIpc) is 2.82. The molecule has 0 bridgehead atoms. The third kappa shape index (κ3) is 2.03. The Bertz CT molecular complexity index is 855. The molecule has 2 aromatic carbocycles. The minimum absolute atomic E-state index is 0.0603. The Labute approximate surface area is 123 Å². The second-order valence-electron chi connectivity index (χ2n) is 5.16. The first kappa shape index (κ1) is 13.2. The molecular weight excluding hydrogens is 260 g/mol. The van der Waals surface area contributed by atoms with Crippen LogP contribution < -0.4 is 5.73 Å². The minimum atomic E-state index is 0.0603. The van der Waals surface area contributed by atoms with Crippen molar-refractivity contribution in [3.05, 3.63) is 59.2 Å². The van der Waals surface area contributed by atoms with Crippen LogP contribution >= 0.6 is 0 Å². The Morgan fingerprint density at radius 3 is 2.67 bits per heavy atom. The van der Waals surface area contributed by atoms with Gasteiger partial charge < -0.3 is 10.3 Å². The van der Waals surface area contributed by atoms with E-state index in [1.807, 2.05) is 28.8 Å². The number of fused-ring (bicyclic) bond motifs is 1. The van der Waals surface area contributed by atoms with Gasteiger partial charge in [0.2, 0.25) is 5.95 Å². The molecule has 0 aliphatic carbocycles. The molecule has 0 saturated heterocycles. The molecule has 1 aromatic heterocycles. The van der Waals surface area contributed by atoms with Crippen molar-refractivity contribution in [1.29, 1.82) is 5.26 Å². The van der Waals surface area contributed by atoms with Gasteiger partial charge in [0.15, 0.2) is 0 Å². The predicted octanol–water partition coefficient (Wildman–Crippen LogP) is 3.41. The summed E-state index contributed by atoms with van der Waals surface area (Å²) in [7, 11) is 0. The molecule has 1 heterocycles. The van der Waals surface area contributed by atoms with Crippen LogP contribution in [0.1, 0.15) is 29.7 Å². The number of anilines is 1. The molecule has 104 valence electrons. The molecule has 1 atom stereocenters. The Kier molecular flexibility index (Phi) is 3.11. The van der Waals surface area contributed by atoms with Gasteiger partial charge >= 0.3 is 0 Å². The summed E-state index contributed by atoms with van der Waals surface area (Å²) in [5.41, 5.74) is 10.6. The number of nitrogens with two attached hydrogens (primary N) is 1. The predicted molar refractivity (Wildman–Crippen MR) is 83.9 cm³/mol. The van der Waals surface area contributed by atoms with Gasteiger partial charge in [-0.3, -0.25) is 0 Å². The topological polar surface area (TPSA) is 67.6 Å². The number of benzene rings is 2. The summed E-state index contributed by atoms with van der Waals surface area (Å²) in [6, 6.07) is 16.0. The lowest BCUT2D eigenvalue weighted by atomic mass is 10.0. The smallest absolute Gasteiger partial charge is 0.201 e. The second-order valence-corrected chi connectivity index (χ2v) is 5.16. The van der Waals surface area contributed by atoms with Crippen LogP contribution in [0.4, 0.5) is 5.95 Å². The van der Waals surface area contributed by atoms with Crippen LogP contribution in [0, 0.1) is 18.3 Å². The lowest BCUT2D eigenvalue weighted by Crippen LogP contribution is -2.11. The first-order valence-corrected chi connectivity index (χ1v) is 6.85. The van der Waals surface area contributed by atoms with Gasteiger partial charge in [-0.15, -0.1) is 0 Å². The molecule has 0 aliphatic rings. The number of para-hydroxylation sites is 1.